The van der Waals surface area contributed by atoms with Gasteiger partial charge in [0.05, 0.1) is 13.2 Å². The number of ether oxygens (including phenoxy) is 1. The number of likely N-dealkylation sites (tertiary alicyclic amines) is 1. The standard InChI is InChI=1S/C18H37N5O.HI/c1-16-6-5-8-22(14-16)9-7-20-17(19-4)21-15-18(2,3)23-10-12-24-13-11-23;/h16H,5-15H2,1-4H3,(H2,19,20,21);1H. The third kappa shape index (κ3) is 7.97. The van der Waals surface area contributed by atoms with Crippen LogP contribution in [0.15, 0.2) is 4.99 Å². The van der Waals surface area contributed by atoms with Crippen LogP contribution >= 0.6 is 24.0 Å². The van der Waals surface area contributed by atoms with Gasteiger partial charge >= 0.3 is 0 Å². The molecule has 0 aromatic carbocycles. The van der Waals surface area contributed by atoms with E-state index in [-0.39, 0.29) is 29.5 Å². The van der Waals surface area contributed by atoms with Gasteiger partial charge in [-0.3, -0.25) is 9.89 Å². The van der Waals surface area contributed by atoms with Crippen molar-refractivity contribution in [3.63, 3.8) is 0 Å². The first-order valence-electron chi connectivity index (χ1n) is 9.51. The van der Waals surface area contributed by atoms with Crippen LogP contribution in [0.5, 0.6) is 0 Å². The minimum atomic E-state index is 0. The maximum Gasteiger partial charge on any atom is 0.191 e. The minimum absolute atomic E-state index is 0. The minimum Gasteiger partial charge on any atom is -0.379 e. The van der Waals surface area contributed by atoms with Crippen LogP contribution < -0.4 is 10.6 Å². The Morgan fingerprint density at radius 3 is 2.56 bits per heavy atom. The molecule has 25 heavy (non-hydrogen) atoms. The third-order valence-electron chi connectivity index (χ3n) is 5.24. The van der Waals surface area contributed by atoms with Crippen molar-refractivity contribution in [2.75, 3.05) is 66.1 Å². The molecule has 2 fully saturated rings. The predicted molar refractivity (Wildman–Crippen MR) is 116 cm³/mol. The van der Waals surface area contributed by atoms with Crippen molar-refractivity contribution in [3.8, 4) is 0 Å². The summed E-state index contributed by atoms with van der Waals surface area (Å²) in [5.74, 6) is 1.74. The first-order chi connectivity index (χ1) is 11.5. The second-order valence-electron chi connectivity index (χ2n) is 7.81. The highest BCUT2D eigenvalue weighted by Crippen LogP contribution is 2.15. The lowest BCUT2D eigenvalue weighted by Gasteiger charge is -2.41. The zero-order valence-corrected chi connectivity index (χ0v) is 18.8. The molecule has 148 valence electrons. The lowest BCUT2D eigenvalue weighted by molar-refractivity contribution is -0.00834. The summed E-state index contributed by atoms with van der Waals surface area (Å²) in [5.41, 5.74) is 0.101. The van der Waals surface area contributed by atoms with Gasteiger partial charge in [-0.15, -0.1) is 24.0 Å². The summed E-state index contributed by atoms with van der Waals surface area (Å²) in [4.78, 5) is 9.42. The summed E-state index contributed by atoms with van der Waals surface area (Å²) >= 11 is 0. The number of guanidine groups is 1. The Morgan fingerprint density at radius 2 is 1.92 bits per heavy atom. The normalized spacial score (nSPS) is 23.8. The van der Waals surface area contributed by atoms with Gasteiger partial charge in [0.15, 0.2) is 5.96 Å². The lowest BCUT2D eigenvalue weighted by Crippen LogP contribution is -2.56. The molecule has 0 amide bonds. The van der Waals surface area contributed by atoms with Gasteiger partial charge in [0.1, 0.15) is 0 Å². The monoisotopic (exact) mass is 467 g/mol. The summed E-state index contributed by atoms with van der Waals surface area (Å²) in [6.07, 6.45) is 2.71. The fourth-order valence-corrected chi connectivity index (χ4v) is 3.62. The third-order valence-corrected chi connectivity index (χ3v) is 5.24. The number of morpholine rings is 1. The largest absolute Gasteiger partial charge is 0.379 e. The average molecular weight is 467 g/mol. The van der Waals surface area contributed by atoms with E-state index >= 15 is 0 Å². The molecule has 2 rings (SSSR count). The van der Waals surface area contributed by atoms with E-state index in [0.717, 1.165) is 57.8 Å². The molecular formula is C18H38IN5O. The molecule has 0 radical (unpaired) electrons. The Labute approximate surface area is 171 Å². The van der Waals surface area contributed by atoms with Crippen molar-refractivity contribution in [2.24, 2.45) is 10.9 Å². The van der Waals surface area contributed by atoms with Crippen LogP contribution in [0.3, 0.4) is 0 Å². The van der Waals surface area contributed by atoms with Crippen LogP contribution in [0.2, 0.25) is 0 Å². The number of aliphatic imine (C=N–C) groups is 1. The van der Waals surface area contributed by atoms with Crippen molar-refractivity contribution < 1.29 is 4.74 Å². The van der Waals surface area contributed by atoms with E-state index in [1.807, 2.05) is 7.05 Å². The van der Waals surface area contributed by atoms with Gasteiger partial charge < -0.3 is 20.3 Å². The van der Waals surface area contributed by atoms with E-state index in [1.54, 1.807) is 0 Å². The molecule has 2 aliphatic rings. The number of hydrogen-bond donors (Lipinski definition) is 2. The highest BCUT2D eigenvalue weighted by atomic mass is 127. The average Bonchev–Trinajstić information content (AvgIpc) is 2.59. The van der Waals surface area contributed by atoms with Crippen LogP contribution in [0.1, 0.15) is 33.6 Å². The van der Waals surface area contributed by atoms with Gasteiger partial charge in [0, 0.05) is 51.9 Å². The van der Waals surface area contributed by atoms with Gasteiger partial charge in [-0.25, -0.2) is 0 Å². The molecule has 2 N–H and O–H groups in total. The van der Waals surface area contributed by atoms with E-state index in [4.69, 9.17) is 4.74 Å². The fourth-order valence-electron chi connectivity index (χ4n) is 3.62. The molecule has 0 aromatic rings. The Morgan fingerprint density at radius 1 is 1.20 bits per heavy atom. The van der Waals surface area contributed by atoms with Gasteiger partial charge in [-0.05, 0) is 39.2 Å². The van der Waals surface area contributed by atoms with E-state index in [2.05, 4.69) is 46.2 Å². The van der Waals surface area contributed by atoms with Gasteiger partial charge in [-0.2, -0.15) is 0 Å². The van der Waals surface area contributed by atoms with Crippen LogP contribution in [-0.4, -0.2) is 87.4 Å². The molecule has 0 spiro atoms. The van der Waals surface area contributed by atoms with E-state index in [1.165, 1.54) is 25.9 Å². The SMILES string of the molecule is CN=C(NCCN1CCCC(C)C1)NCC(C)(C)N1CCOCC1.I. The molecule has 7 heteroatoms. The zero-order valence-electron chi connectivity index (χ0n) is 16.5. The van der Waals surface area contributed by atoms with Crippen LogP contribution in [0, 0.1) is 5.92 Å². The molecule has 1 atom stereocenters. The maximum absolute atomic E-state index is 5.46. The molecule has 2 saturated heterocycles. The van der Waals surface area contributed by atoms with E-state index < -0.39 is 0 Å². The lowest BCUT2D eigenvalue weighted by atomic mass is 10.0. The summed E-state index contributed by atoms with van der Waals surface area (Å²) in [5, 5.41) is 6.95. The number of nitrogens with one attached hydrogen (secondary N) is 2. The van der Waals surface area contributed by atoms with Crippen molar-refractivity contribution in [2.45, 2.75) is 39.2 Å². The first-order valence-corrected chi connectivity index (χ1v) is 9.51. The van der Waals surface area contributed by atoms with Crippen molar-refractivity contribution in [1.29, 1.82) is 0 Å². The van der Waals surface area contributed by atoms with E-state index in [9.17, 15) is 0 Å². The summed E-state index contributed by atoms with van der Waals surface area (Å²) < 4.78 is 5.46. The predicted octanol–water partition coefficient (Wildman–Crippen LogP) is 1.61. The molecule has 0 aliphatic carbocycles. The summed E-state index contributed by atoms with van der Waals surface area (Å²) in [7, 11) is 1.85. The topological polar surface area (TPSA) is 52.1 Å². The second kappa shape index (κ2) is 11.6. The Bertz CT molecular complexity index is 399. The van der Waals surface area contributed by atoms with Crippen molar-refractivity contribution in [3.05, 3.63) is 0 Å². The Kier molecular flexibility index (Phi) is 10.6. The van der Waals surface area contributed by atoms with Crippen LogP contribution in [0.25, 0.3) is 0 Å². The molecule has 2 aliphatic heterocycles. The van der Waals surface area contributed by atoms with Crippen molar-refractivity contribution in [1.82, 2.24) is 20.4 Å². The Balaban J connectivity index is 0.00000312. The van der Waals surface area contributed by atoms with E-state index in [0.29, 0.717) is 0 Å². The highest BCUT2D eigenvalue weighted by Gasteiger charge is 2.28. The number of hydrogen-bond acceptors (Lipinski definition) is 4. The summed E-state index contributed by atoms with van der Waals surface area (Å²) in [6.45, 7) is 16.0. The highest BCUT2D eigenvalue weighted by molar-refractivity contribution is 14.0. The molecular weight excluding hydrogens is 429 g/mol. The number of nitrogens with zero attached hydrogens (tertiary/aromatic N) is 3. The fraction of sp³-hybridized carbons (Fsp3) is 0.944. The first kappa shape index (κ1) is 22.9. The van der Waals surface area contributed by atoms with Gasteiger partial charge in [-0.1, -0.05) is 6.92 Å². The van der Waals surface area contributed by atoms with Gasteiger partial charge in [0.2, 0.25) is 0 Å². The number of piperidine rings is 1. The molecule has 1 unspecified atom stereocenters. The molecule has 2 heterocycles. The Hall–Kier alpha value is -0.120. The molecule has 6 nitrogen and oxygen atoms in total. The quantitative estimate of drug-likeness (QED) is 0.353. The molecule has 0 aromatic heterocycles. The summed E-state index contributed by atoms with van der Waals surface area (Å²) in [6, 6.07) is 0. The van der Waals surface area contributed by atoms with Gasteiger partial charge in [0.25, 0.3) is 0 Å². The molecule has 0 bridgehead atoms. The maximum atomic E-state index is 5.46. The van der Waals surface area contributed by atoms with Crippen LogP contribution in [-0.2, 0) is 4.74 Å². The van der Waals surface area contributed by atoms with Crippen LogP contribution in [0.4, 0.5) is 0 Å². The smallest absolute Gasteiger partial charge is 0.191 e. The molecule has 0 saturated carbocycles. The van der Waals surface area contributed by atoms with Crippen molar-refractivity contribution >= 4 is 29.9 Å². The number of halogens is 1. The zero-order chi connectivity index (χ0) is 17.4. The second-order valence-corrected chi connectivity index (χ2v) is 7.81. The number of rotatable bonds is 6.